The van der Waals surface area contributed by atoms with Gasteiger partial charge in [-0.25, -0.2) is 4.79 Å². The Balaban J connectivity index is 1.61. The van der Waals surface area contributed by atoms with Gasteiger partial charge in [0.1, 0.15) is 4.83 Å². The van der Waals surface area contributed by atoms with Crippen molar-refractivity contribution >= 4 is 21.6 Å². The molecule has 0 atom stereocenters. The first-order valence-corrected chi connectivity index (χ1v) is 13.2. The number of hydrogen-bond acceptors (Lipinski definition) is 5. The molecule has 2 aromatic heterocycles. The van der Waals surface area contributed by atoms with Crippen LogP contribution in [0.1, 0.15) is 74.8 Å². The normalized spacial score (nSPS) is 21.2. The molecule has 6 nitrogen and oxygen atoms in total. The van der Waals surface area contributed by atoms with Crippen molar-refractivity contribution < 1.29 is 0 Å². The molecule has 2 fully saturated rings. The van der Waals surface area contributed by atoms with E-state index in [0.29, 0.717) is 6.54 Å². The lowest BCUT2D eigenvalue weighted by molar-refractivity contribution is 0.258. The second-order valence-electron chi connectivity index (χ2n) is 9.66. The van der Waals surface area contributed by atoms with Crippen LogP contribution in [0.4, 0.5) is 0 Å². The second-order valence-corrected chi connectivity index (χ2v) is 10.7. The van der Waals surface area contributed by atoms with Gasteiger partial charge < -0.3 is 4.90 Å². The van der Waals surface area contributed by atoms with Gasteiger partial charge >= 0.3 is 5.69 Å². The fourth-order valence-electron chi connectivity index (χ4n) is 5.89. The molecule has 0 unspecified atom stereocenters. The molecular formula is C24H36N4O2S. The number of thiophene rings is 1. The minimum absolute atomic E-state index is 0.00855. The molecule has 31 heavy (non-hydrogen) atoms. The molecule has 1 saturated carbocycles. The minimum Gasteiger partial charge on any atom is -0.302 e. The van der Waals surface area contributed by atoms with Gasteiger partial charge in [-0.2, -0.15) is 0 Å². The number of likely N-dealkylation sites (tertiary alicyclic amines) is 1. The molecule has 7 heteroatoms. The zero-order valence-corrected chi connectivity index (χ0v) is 19.7. The summed E-state index contributed by atoms with van der Waals surface area (Å²) in [4.78, 5) is 34.6. The Hall–Kier alpha value is -1.44. The van der Waals surface area contributed by atoms with Crippen LogP contribution in [0.3, 0.4) is 0 Å². The molecule has 1 aliphatic carbocycles. The molecule has 2 aliphatic heterocycles. The molecular weight excluding hydrogens is 408 g/mol. The van der Waals surface area contributed by atoms with E-state index < -0.39 is 0 Å². The van der Waals surface area contributed by atoms with Crippen molar-refractivity contribution in [2.75, 3.05) is 32.7 Å². The summed E-state index contributed by atoms with van der Waals surface area (Å²) >= 11 is 1.71. The van der Waals surface area contributed by atoms with Gasteiger partial charge in [0.25, 0.3) is 5.56 Å². The van der Waals surface area contributed by atoms with E-state index >= 15 is 0 Å². The lowest BCUT2D eigenvalue weighted by Gasteiger charge is -2.26. The Bertz CT molecular complexity index is 1040. The summed E-state index contributed by atoms with van der Waals surface area (Å²) in [5, 5.41) is 0.864. The van der Waals surface area contributed by atoms with Crippen LogP contribution in [0.2, 0.25) is 0 Å². The van der Waals surface area contributed by atoms with Gasteiger partial charge in [-0.3, -0.25) is 18.8 Å². The number of rotatable bonds is 6. The lowest BCUT2D eigenvalue weighted by Crippen LogP contribution is -2.44. The van der Waals surface area contributed by atoms with Crippen LogP contribution in [0.15, 0.2) is 9.59 Å². The van der Waals surface area contributed by atoms with Gasteiger partial charge in [-0.1, -0.05) is 26.2 Å². The summed E-state index contributed by atoms with van der Waals surface area (Å²) in [6.07, 6.45) is 9.98. The molecule has 0 N–H and O–H groups in total. The van der Waals surface area contributed by atoms with E-state index in [4.69, 9.17) is 0 Å². The molecule has 5 rings (SSSR count). The highest BCUT2D eigenvalue weighted by molar-refractivity contribution is 7.18. The molecule has 0 radical (unpaired) electrons. The molecule has 1 saturated heterocycles. The van der Waals surface area contributed by atoms with Gasteiger partial charge in [-0.05, 0) is 63.7 Å². The summed E-state index contributed by atoms with van der Waals surface area (Å²) in [6, 6.07) is 0.0758. The lowest BCUT2D eigenvalue weighted by atomic mass is 9.95. The van der Waals surface area contributed by atoms with E-state index in [2.05, 4.69) is 16.7 Å². The van der Waals surface area contributed by atoms with Crippen LogP contribution >= 0.6 is 11.3 Å². The van der Waals surface area contributed by atoms with Crippen molar-refractivity contribution in [3.05, 3.63) is 31.3 Å². The summed E-state index contributed by atoms with van der Waals surface area (Å²) in [6.45, 7) is 9.12. The number of aromatic nitrogens is 2. The molecule has 2 aromatic rings. The van der Waals surface area contributed by atoms with Gasteiger partial charge in [0.05, 0.1) is 5.39 Å². The summed E-state index contributed by atoms with van der Waals surface area (Å²) in [5.41, 5.74) is 1.16. The van der Waals surface area contributed by atoms with Crippen LogP contribution in [0.5, 0.6) is 0 Å². The predicted molar refractivity (Wildman–Crippen MR) is 127 cm³/mol. The average Bonchev–Trinajstić information content (AvgIpc) is 3.42. The first-order chi connectivity index (χ1) is 15.2. The zero-order chi connectivity index (χ0) is 21.4. The summed E-state index contributed by atoms with van der Waals surface area (Å²) in [5.74, 6) is 0. The SMILES string of the molecule is CCCN1CCc2c(sc3c2c(=O)n(C2CCCCC2)c(=O)n3CCN2CCCC2)C1. The summed E-state index contributed by atoms with van der Waals surface area (Å²) < 4.78 is 3.63. The maximum Gasteiger partial charge on any atom is 0.332 e. The molecule has 4 heterocycles. The maximum atomic E-state index is 13.7. The Morgan fingerprint density at radius 1 is 0.903 bits per heavy atom. The van der Waals surface area contributed by atoms with E-state index in [1.165, 1.54) is 29.7 Å². The first kappa shape index (κ1) is 21.4. The Kier molecular flexibility index (Phi) is 6.35. The summed E-state index contributed by atoms with van der Waals surface area (Å²) in [7, 11) is 0. The third-order valence-electron chi connectivity index (χ3n) is 7.55. The van der Waals surface area contributed by atoms with E-state index in [0.717, 1.165) is 88.0 Å². The molecule has 170 valence electrons. The van der Waals surface area contributed by atoms with Crippen molar-refractivity contribution in [3.8, 4) is 0 Å². The molecule has 0 spiro atoms. The minimum atomic E-state index is -0.0624. The second kappa shape index (κ2) is 9.20. The van der Waals surface area contributed by atoms with E-state index in [1.54, 1.807) is 15.9 Å². The number of hydrogen-bond donors (Lipinski definition) is 0. The van der Waals surface area contributed by atoms with Gasteiger partial charge in [0, 0.05) is 37.1 Å². The van der Waals surface area contributed by atoms with Crippen LogP contribution < -0.4 is 11.2 Å². The van der Waals surface area contributed by atoms with Crippen LogP contribution in [0.25, 0.3) is 10.2 Å². The monoisotopic (exact) mass is 444 g/mol. The highest BCUT2D eigenvalue weighted by Crippen LogP contribution is 2.34. The predicted octanol–water partition coefficient (Wildman–Crippen LogP) is 3.59. The van der Waals surface area contributed by atoms with E-state index in [1.807, 2.05) is 4.57 Å². The van der Waals surface area contributed by atoms with Gasteiger partial charge in [-0.15, -0.1) is 11.3 Å². The van der Waals surface area contributed by atoms with Crippen LogP contribution in [0, 0.1) is 0 Å². The van der Waals surface area contributed by atoms with E-state index in [-0.39, 0.29) is 17.3 Å². The Morgan fingerprint density at radius 2 is 1.68 bits per heavy atom. The first-order valence-electron chi connectivity index (χ1n) is 12.4. The van der Waals surface area contributed by atoms with Crippen molar-refractivity contribution in [2.24, 2.45) is 0 Å². The molecule has 3 aliphatic rings. The molecule has 0 aromatic carbocycles. The quantitative estimate of drug-likeness (QED) is 0.683. The van der Waals surface area contributed by atoms with Crippen molar-refractivity contribution in [3.63, 3.8) is 0 Å². The van der Waals surface area contributed by atoms with Crippen molar-refractivity contribution in [2.45, 2.75) is 83.8 Å². The van der Waals surface area contributed by atoms with Crippen LogP contribution in [-0.2, 0) is 19.5 Å². The topological polar surface area (TPSA) is 50.5 Å². The third-order valence-corrected chi connectivity index (χ3v) is 8.79. The highest BCUT2D eigenvalue weighted by Gasteiger charge is 2.28. The zero-order valence-electron chi connectivity index (χ0n) is 18.9. The maximum absolute atomic E-state index is 13.7. The number of nitrogens with zero attached hydrogens (tertiary/aromatic N) is 4. The van der Waals surface area contributed by atoms with E-state index in [9.17, 15) is 9.59 Å². The van der Waals surface area contributed by atoms with Crippen LogP contribution in [-0.4, -0.2) is 51.7 Å². The standard InChI is InChI=1S/C24H36N4O2S/c1-2-11-26-14-10-19-20(17-26)31-23-21(19)22(29)28(18-8-4-3-5-9-18)24(30)27(23)16-15-25-12-6-7-13-25/h18H,2-17H2,1H3. The molecule has 0 amide bonds. The molecule has 0 bridgehead atoms. The average molecular weight is 445 g/mol. The van der Waals surface area contributed by atoms with Crippen molar-refractivity contribution in [1.29, 1.82) is 0 Å². The Morgan fingerprint density at radius 3 is 2.42 bits per heavy atom. The van der Waals surface area contributed by atoms with Crippen molar-refractivity contribution in [1.82, 2.24) is 18.9 Å². The third kappa shape index (κ3) is 4.05. The van der Waals surface area contributed by atoms with Gasteiger partial charge in [0.2, 0.25) is 0 Å². The Labute approximate surface area is 188 Å². The highest BCUT2D eigenvalue weighted by atomic mass is 32.1. The fraction of sp³-hybridized carbons (Fsp3) is 0.750. The number of fused-ring (bicyclic) bond motifs is 3. The fourth-order valence-corrected chi connectivity index (χ4v) is 7.29. The van der Waals surface area contributed by atoms with Gasteiger partial charge in [0.15, 0.2) is 0 Å². The smallest absolute Gasteiger partial charge is 0.302 e. The largest absolute Gasteiger partial charge is 0.332 e.